The van der Waals surface area contributed by atoms with Crippen molar-refractivity contribution in [2.24, 2.45) is 0 Å². The van der Waals surface area contributed by atoms with Gasteiger partial charge in [0.15, 0.2) is 0 Å². The fraction of sp³-hybridized carbons (Fsp3) is 0.462. The van der Waals surface area contributed by atoms with Gasteiger partial charge < -0.3 is 10.0 Å². The summed E-state index contributed by atoms with van der Waals surface area (Å²) in [5.41, 5.74) is 0.764. The Hall–Kier alpha value is -1.95. The average Bonchev–Trinajstić information content (AvgIpc) is 2.39. The van der Waals surface area contributed by atoms with E-state index < -0.39 is 11.0 Å². The molecule has 6 heteroatoms. The molecule has 0 aliphatic carbocycles. The van der Waals surface area contributed by atoms with Gasteiger partial charge in [-0.2, -0.15) is 0 Å². The summed E-state index contributed by atoms with van der Waals surface area (Å²) < 4.78 is 0. The molecule has 1 saturated heterocycles. The van der Waals surface area contributed by atoms with E-state index in [2.05, 4.69) is 0 Å². The third-order valence-corrected chi connectivity index (χ3v) is 3.25. The Balaban J connectivity index is 1.96. The monoisotopic (exact) mass is 264 g/mol. The van der Waals surface area contributed by atoms with E-state index in [0.29, 0.717) is 13.1 Å². The smallest absolute Gasteiger partial charge is 0.269 e. The summed E-state index contributed by atoms with van der Waals surface area (Å²) in [6.07, 6.45) is 1.33. The molecule has 0 saturated carbocycles. The van der Waals surface area contributed by atoms with Gasteiger partial charge in [0.25, 0.3) is 5.69 Å². The number of benzene rings is 1. The summed E-state index contributed by atoms with van der Waals surface area (Å²) >= 11 is 0. The zero-order chi connectivity index (χ0) is 13.8. The van der Waals surface area contributed by atoms with Crippen LogP contribution in [0, 0.1) is 10.1 Å². The number of nitrogens with zero attached hydrogens (tertiary/aromatic N) is 2. The lowest BCUT2D eigenvalue weighted by molar-refractivity contribution is -0.384. The lowest BCUT2D eigenvalue weighted by atomic mass is 10.1. The second-order valence-electron chi connectivity index (χ2n) is 4.74. The summed E-state index contributed by atoms with van der Waals surface area (Å²) in [5, 5.41) is 20.0. The van der Waals surface area contributed by atoms with Crippen molar-refractivity contribution in [3.8, 4) is 0 Å². The van der Waals surface area contributed by atoms with Crippen LogP contribution in [0.15, 0.2) is 24.3 Å². The number of nitro groups is 1. The van der Waals surface area contributed by atoms with Gasteiger partial charge in [-0.3, -0.25) is 14.9 Å². The van der Waals surface area contributed by atoms with Crippen LogP contribution in [-0.4, -0.2) is 40.0 Å². The molecular formula is C13H16N2O4. The lowest BCUT2D eigenvalue weighted by Crippen LogP contribution is -2.42. The molecule has 1 aromatic carbocycles. The van der Waals surface area contributed by atoms with E-state index in [9.17, 15) is 20.0 Å². The summed E-state index contributed by atoms with van der Waals surface area (Å²) in [4.78, 5) is 23.7. The standard InChI is InChI=1S/C13H16N2O4/c16-12-2-1-7-14(9-12)13(17)8-10-3-5-11(6-4-10)15(18)19/h3-6,12,16H,1-2,7-9H2/t12-/m0/s1. The topological polar surface area (TPSA) is 83.7 Å². The van der Waals surface area contributed by atoms with E-state index in [4.69, 9.17) is 0 Å². The van der Waals surface area contributed by atoms with Gasteiger partial charge in [-0.15, -0.1) is 0 Å². The number of rotatable bonds is 3. The predicted octanol–water partition coefficient (Wildman–Crippen LogP) is 1.12. The van der Waals surface area contributed by atoms with E-state index in [1.807, 2.05) is 0 Å². The van der Waals surface area contributed by atoms with E-state index in [0.717, 1.165) is 18.4 Å². The molecule has 0 spiro atoms. The van der Waals surface area contributed by atoms with Crippen molar-refractivity contribution >= 4 is 11.6 Å². The summed E-state index contributed by atoms with van der Waals surface area (Å²) in [6.45, 7) is 1.05. The summed E-state index contributed by atoms with van der Waals surface area (Å²) in [5.74, 6) is -0.0485. The number of carbonyl (C=O) groups excluding carboxylic acids is 1. The van der Waals surface area contributed by atoms with Crippen molar-refractivity contribution in [3.05, 3.63) is 39.9 Å². The highest BCUT2D eigenvalue weighted by molar-refractivity contribution is 5.79. The van der Waals surface area contributed by atoms with Crippen molar-refractivity contribution in [1.82, 2.24) is 4.90 Å². The number of likely N-dealkylation sites (tertiary alicyclic amines) is 1. The van der Waals surface area contributed by atoms with E-state index in [1.165, 1.54) is 12.1 Å². The molecule has 0 radical (unpaired) electrons. The van der Waals surface area contributed by atoms with Gasteiger partial charge in [-0.25, -0.2) is 0 Å². The Morgan fingerprint density at radius 3 is 2.68 bits per heavy atom. The van der Waals surface area contributed by atoms with Crippen molar-refractivity contribution < 1.29 is 14.8 Å². The molecule has 102 valence electrons. The molecule has 1 N–H and O–H groups in total. The number of hydrogen-bond acceptors (Lipinski definition) is 4. The molecule has 6 nitrogen and oxygen atoms in total. The van der Waals surface area contributed by atoms with Crippen LogP contribution in [0.4, 0.5) is 5.69 Å². The molecular weight excluding hydrogens is 248 g/mol. The number of nitro benzene ring substituents is 1. The SMILES string of the molecule is O=C(Cc1ccc([N+](=O)[O-])cc1)N1CCC[C@H](O)C1. The molecule has 1 aliphatic heterocycles. The highest BCUT2D eigenvalue weighted by atomic mass is 16.6. The zero-order valence-corrected chi connectivity index (χ0v) is 10.5. The Morgan fingerprint density at radius 1 is 1.42 bits per heavy atom. The fourth-order valence-electron chi connectivity index (χ4n) is 2.20. The minimum atomic E-state index is -0.466. The molecule has 1 amide bonds. The first-order valence-electron chi connectivity index (χ1n) is 6.25. The van der Waals surface area contributed by atoms with Gasteiger partial charge >= 0.3 is 0 Å². The van der Waals surface area contributed by atoms with Crippen molar-refractivity contribution in [3.63, 3.8) is 0 Å². The van der Waals surface area contributed by atoms with Gasteiger partial charge in [0.1, 0.15) is 0 Å². The molecule has 2 rings (SSSR count). The molecule has 19 heavy (non-hydrogen) atoms. The second-order valence-corrected chi connectivity index (χ2v) is 4.74. The van der Waals surface area contributed by atoms with Crippen LogP contribution < -0.4 is 0 Å². The first-order chi connectivity index (χ1) is 9.06. The van der Waals surface area contributed by atoms with Crippen LogP contribution in [0.5, 0.6) is 0 Å². The number of hydrogen-bond donors (Lipinski definition) is 1. The first-order valence-corrected chi connectivity index (χ1v) is 6.25. The van der Waals surface area contributed by atoms with E-state index in [-0.39, 0.29) is 18.0 Å². The van der Waals surface area contributed by atoms with E-state index in [1.54, 1.807) is 17.0 Å². The van der Waals surface area contributed by atoms with E-state index >= 15 is 0 Å². The number of aliphatic hydroxyl groups excluding tert-OH is 1. The van der Waals surface area contributed by atoms with Crippen LogP contribution in [0.2, 0.25) is 0 Å². The van der Waals surface area contributed by atoms with Gasteiger partial charge in [0.2, 0.25) is 5.91 Å². The maximum absolute atomic E-state index is 12.0. The highest BCUT2D eigenvalue weighted by Gasteiger charge is 2.22. The summed E-state index contributed by atoms with van der Waals surface area (Å²) in [7, 11) is 0. The zero-order valence-electron chi connectivity index (χ0n) is 10.5. The third kappa shape index (κ3) is 3.51. The first kappa shape index (κ1) is 13.5. The molecule has 1 aliphatic rings. The molecule has 1 fully saturated rings. The minimum Gasteiger partial charge on any atom is -0.391 e. The van der Waals surface area contributed by atoms with Crippen molar-refractivity contribution in [1.29, 1.82) is 0 Å². The fourth-order valence-corrected chi connectivity index (χ4v) is 2.20. The number of carbonyl (C=O) groups is 1. The maximum Gasteiger partial charge on any atom is 0.269 e. The Labute approximate surface area is 110 Å². The quantitative estimate of drug-likeness (QED) is 0.655. The number of amides is 1. The number of β-amino-alcohol motifs (C(OH)–C–C–N with tert-alkyl or cyclic N) is 1. The normalized spacial score (nSPS) is 19.2. The Bertz CT molecular complexity index is 472. The van der Waals surface area contributed by atoms with Crippen LogP contribution >= 0.6 is 0 Å². The summed E-state index contributed by atoms with van der Waals surface area (Å²) in [6, 6.07) is 5.98. The van der Waals surface area contributed by atoms with Gasteiger partial charge in [0, 0.05) is 25.2 Å². The minimum absolute atomic E-state index is 0.0181. The van der Waals surface area contributed by atoms with Gasteiger partial charge in [-0.05, 0) is 18.4 Å². The Morgan fingerprint density at radius 2 is 2.11 bits per heavy atom. The number of non-ortho nitro benzene ring substituents is 1. The highest BCUT2D eigenvalue weighted by Crippen LogP contribution is 2.15. The number of piperidine rings is 1. The predicted molar refractivity (Wildman–Crippen MR) is 68.6 cm³/mol. The molecule has 1 atom stereocenters. The lowest BCUT2D eigenvalue weighted by Gasteiger charge is -2.30. The van der Waals surface area contributed by atoms with Crippen LogP contribution in [0.3, 0.4) is 0 Å². The third-order valence-electron chi connectivity index (χ3n) is 3.25. The van der Waals surface area contributed by atoms with Gasteiger partial charge in [0.05, 0.1) is 17.4 Å². The van der Waals surface area contributed by atoms with Crippen LogP contribution in [-0.2, 0) is 11.2 Å². The maximum atomic E-state index is 12.0. The number of aliphatic hydroxyl groups is 1. The largest absolute Gasteiger partial charge is 0.391 e. The second kappa shape index (κ2) is 5.79. The van der Waals surface area contributed by atoms with Crippen molar-refractivity contribution in [2.45, 2.75) is 25.4 Å². The van der Waals surface area contributed by atoms with Crippen LogP contribution in [0.1, 0.15) is 18.4 Å². The van der Waals surface area contributed by atoms with Crippen LogP contribution in [0.25, 0.3) is 0 Å². The molecule has 1 aromatic rings. The molecule has 0 aromatic heterocycles. The molecule has 0 unspecified atom stereocenters. The molecule has 1 heterocycles. The van der Waals surface area contributed by atoms with Crippen molar-refractivity contribution in [2.75, 3.05) is 13.1 Å². The van der Waals surface area contributed by atoms with Gasteiger partial charge in [-0.1, -0.05) is 12.1 Å². The Kier molecular flexibility index (Phi) is 4.11. The average molecular weight is 264 g/mol. The molecule has 0 bridgehead atoms.